The molecule has 19 heavy (non-hydrogen) atoms. The van der Waals surface area contributed by atoms with Gasteiger partial charge >= 0.3 is 0 Å². The van der Waals surface area contributed by atoms with Crippen molar-refractivity contribution in [2.24, 2.45) is 0 Å². The lowest BCUT2D eigenvalue weighted by molar-refractivity contribution is 0.600. The summed E-state index contributed by atoms with van der Waals surface area (Å²) in [4.78, 5) is 12.3. The number of hydrogen-bond acceptors (Lipinski definition) is 2. The van der Waals surface area contributed by atoms with Crippen LogP contribution in [0.3, 0.4) is 0 Å². The first-order valence-corrected chi connectivity index (χ1v) is 6.74. The van der Waals surface area contributed by atoms with Gasteiger partial charge in [-0.25, -0.2) is 0 Å². The van der Waals surface area contributed by atoms with Gasteiger partial charge in [-0.05, 0) is 30.5 Å². The maximum Gasteiger partial charge on any atom is 0.200 e. The van der Waals surface area contributed by atoms with E-state index < -0.39 is 0 Å². The topological polar surface area (TPSA) is 30.2 Å². The first-order chi connectivity index (χ1) is 9.36. The molecular weight excluding hydrogens is 236 g/mol. The maximum absolute atomic E-state index is 12.3. The molecule has 2 nitrogen and oxygen atoms in total. The van der Waals surface area contributed by atoms with Crippen molar-refractivity contribution in [3.05, 3.63) is 64.5 Å². The van der Waals surface area contributed by atoms with Crippen LogP contribution in [0, 0.1) is 0 Å². The Morgan fingerprint density at radius 3 is 2.63 bits per heavy atom. The van der Waals surface area contributed by atoms with Gasteiger partial charge in [0, 0.05) is 0 Å². The second kappa shape index (κ2) is 6.19. The van der Waals surface area contributed by atoms with Crippen molar-refractivity contribution in [1.82, 2.24) is 0 Å². The minimum atomic E-state index is 0.0460. The van der Waals surface area contributed by atoms with E-state index in [0.29, 0.717) is 16.5 Å². The predicted molar refractivity (Wildman–Crippen MR) is 80.2 cm³/mol. The molecule has 0 unspecified atom stereocenters. The molecule has 0 fully saturated rings. The molecule has 0 radical (unpaired) electrons. The standard InChI is InChI=1S/C15H12O2.C2H6/c16-15-12-8-4-5-9-14(12)17-10-13(15)11-6-2-1-3-7-11;1-2/h2,4-10H,1,3H2;1-2H3. The summed E-state index contributed by atoms with van der Waals surface area (Å²) in [7, 11) is 0. The highest BCUT2D eigenvalue weighted by atomic mass is 16.3. The average Bonchev–Trinajstić information content (AvgIpc) is 2.51. The zero-order valence-electron chi connectivity index (χ0n) is 11.3. The lowest BCUT2D eigenvalue weighted by Gasteiger charge is -2.06. The monoisotopic (exact) mass is 254 g/mol. The predicted octanol–water partition coefficient (Wildman–Crippen LogP) is 4.55. The number of rotatable bonds is 1. The van der Waals surface area contributed by atoms with Crippen LogP contribution >= 0.6 is 0 Å². The van der Waals surface area contributed by atoms with Crippen LogP contribution in [0.1, 0.15) is 32.3 Å². The summed E-state index contributed by atoms with van der Waals surface area (Å²) in [5, 5.41) is 0.643. The van der Waals surface area contributed by atoms with E-state index in [4.69, 9.17) is 4.42 Å². The van der Waals surface area contributed by atoms with Crippen LogP contribution in [0.15, 0.2) is 58.0 Å². The highest BCUT2D eigenvalue weighted by Gasteiger charge is 2.09. The SMILES string of the molecule is CC.O=c1c(C2=CCCC=C2)coc2ccccc12. The smallest absolute Gasteiger partial charge is 0.200 e. The van der Waals surface area contributed by atoms with E-state index in [9.17, 15) is 4.79 Å². The minimum absolute atomic E-state index is 0.0460. The number of para-hydroxylation sites is 1. The normalized spacial score (nSPS) is 13.7. The van der Waals surface area contributed by atoms with Crippen molar-refractivity contribution in [3.63, 3.8) is 0 Å². The molecule has 0 saturated carbocycles. The Kier molecular flexibility index (Phi) is 4.35. The zero-order valence-corrected chi connectivity index (χ0v) is 11.3. The van der Waals surface area contributed by atoms with Crippen LogP contribution in [-0.4, -0.2) is 0 Å². The molecule has 0 atom stereocenters. The first-order valence-electron chi connectivity index (χ1n) is 6.74. The quantitative estimate of drug-likeness (QED) is 0.747. The largest absolute Gasteiger partial charge is 0.463 e. The number of allylic oxidation sites excluding steroid dienone is 4. The summed E-state index contributed by atoms with van der Waals surface area (Å²) in [5.41, 5.74) is 2.31. The molecule has 0 spiro atoms. The van der Waals surface area contributed by atoms with Crippen molar-refractivity contribution in [2.45, 2.75) is 26.7 Å². The molecular formula is C17H18O2. The van der Waals surface area contributed by atoms with Gasteiger partial charge in [-0.15, -0.1) is 0 Å². The Balaban J connectivity index is 0.000000637. The van der Waals surface area contributed by atoms with Gasteiger partial charge in [-0.3, -0.25) is 4.79 Å². The highest BCUT2D eigenvalue weighted by Crippen LogP contribution is 2.21. The van der Waals surface area contributed by atoms with E-state index in [1.807, 2.05) is 38.1 Å². The molecule has 0 bridgehead atoms. The molecule has 0 aliphatic heterocycles. The van der Waals surface area contributed by atoms with Gasteiger partial charge in [0.15, 0.2) is 5.43 Å². The second-order valence-corrected chi connectivity index (χ2v) is 4.11. The third-order valence-corrected chi connectivity index (χ3v) is 2.99. The number of hydrogen-bond donors (Lipinski definition) is 0. The summed E-state index contributed by atoms with van der Waals surface area (Å²) >= 11 is 0. The summed E-state index contributed by atoms with van der Waals surface area (Å²) in [6.07, 6.45) is 9.75. The van der Waals surface area contributed by atoms with Crippen LogP contribution in [0.5, 0.6) is 0 Å². The average molecular weight is 254 g/mol. The van der Waals surface area contributed by atoms with Gasteiger partial charge in [0.2, 0.25) is 0 Å². The van der Waals surface area contributed by atoms with Crippen molar-refractivity contribution in [3.8, 4) is 0 Å². The second-order valence-electron chi connectivity index (χ2n) is 4.11. The van der Waals surface area contributed by atoms with Crippen LogP contribution < -0.4 is 5.43 Å². The molecule has 0 amide bonds. The first kappa shape index (κ1) is 13.3. The van der Waals surface area contributed by atoms with E-state index in [-0.39, 0.29) is 5.43 Å². The van der Waals surface area contributed by atoms with Crippen molar-refractivity contribution < 1.29 is 4.42 Å². The summed E-state index contributed by atoms with van der Waals surface area (Å²) < 4.78 is 5.50. The Hall–Kier alpha value is -2.09. The Morgan fingerprint density at radius 1 is 1.11 bits per heavy atom. The zero-order chi connectivity index (χ0) is 13.7. The van der Waals surface area contributed by atoms with Crippen molar-refractivity contribution in [2.75, 3.05) is 0 Å². The van der Waals surface area contributed by atoms with Crippen LogP contribution in [0.2, 0.25) is 0 Å². The number of benzene rings is 1. The Bertz CT molecular complexity index is 675. The van der Waals surface area contributed by atoms with Crippen LogP contribution in [-0.2, 0) is 0 Å². The molecule has 1 heterocycles. The van der Waals surface area contributed by atoms with E-state index in [1.54, 1.807) is 12.3 Å². The fraction of sp³-hybridized carbons (Fsp3) is 0.235. The molecule has 1 aromatic heterocycles. The minimum Gasteiger partial charge on any atom is -0.463 e. The van der Waals surface area contributed by atoms with E-state index in [1.165, 1.54) is 0 Å². The molecule has 3 rings (SSSR count). The molecule has 2 heteroatoms. The molecule has 2 aromatic rings. The fourth-order valence-electron chi connectivity index (χ4n) is 2.09. The summed E-state index contributed by atoms with van der Waals surface area (Å²) in [6, 6.07) is 7.34. The molecule has 1 aliphatic carbocycles. The van der Waals surface area contributed by atoms with E-state index >= 15 is 0 Å². The lowest BCUT2D eigenvalue weighted by Crippen LogP contribution is -2.07. The van der Waals surface area contributed by atoms with Gasteiger partial charge in [0.1, 0.15) is 11.8 Å². The van der Waals surface area contributed by atoms with Crippen molar-refractivity contribution in [1.29, 1.82) is 0 Å². The highest BCUT2D eigenvalue weighted by molar-refractivity contribution is 5.83. The Labute approximate surface area is 113 Å². The van der Waals surface area contributed by atoms with Gasteiger partial charge in [-0.2, -0.15) is 0 Å². The third-order valence-electron chi connectivity index (χ3n) is 2.99. The fourth-order valence-corrected chi connectivity index (χ4v) is 2.09. The third kappa shape index (κ3) is 2.68. The van der Waals surface area contributed by atoms with Crippen molar-refractivity contribution >= 4 is 16.5 Å². The molecule has 98 valence electrons. The van der Waals surface area contributed by atoms with E-state index in [2.05, 4.69) is 12.2 Å². The van der Waals surface area contributed by atoms with Gasteiger partial charge in [0.25, 0.3) is 0 Å². The lowest BCUT2D eigenvalue weighted by atomic mass is 10.00. The number of fused-ring (bicyclic) bond motifs is 1. The van der Waals surface area contributed by atoms with Crippen LogP contribution in [0.25, 0.3) is 16.5 Å². The molecule has 0 saturated heterocycles. The molecule has 0 N–H and O–H groups in total. The summed E-state index contributed by atoms with van der Waals surface area (Å²) in [6.45, 7) is 4.00. The summed E-state index contributed by atoms with van der Waals surface area (Å²) in [5.74, 6) is 0. The Morgan fingerprint density at radius 2 is 1.89 bits per heavy atom. The molecule has 1 aliphatic rings. The van der Waals surface area contributed by atoms with E-state index in [0.717, 1.165) is 18.4 Å². The van der Waals surface area contributed by atoms with Gasteiger partial charge in [0.05, 0.1) is 10.9 Å². The van der Waals surface area contributed by atoms with Gasteiger partial charge in [-0.1, -0.05) is 44.2 Å². The maximum atomic E-state index is 12.3. The van der Waals surface area contributed by atoms with Gasteiger partial charge < -0.3 is 4.42 Å². The van der Waals surface area contributed by atoms with Crippen LogP contribution in [0.4, 0.5) is 0 Å². The molecule has 1 aromatic carbocycles.